The smallest absolute Gasteiger partial charge is 0.230 e. The molecule has 24 heavy (non-hydrogen) atoms. The number of carbonyl (C=O) groups is 2. The lowest BCUT2D eigenvalue weighted by Crippen LogP contribution is -2.39. The van der Waals surface area contributed by atoms with Crippen molar-refractivity contribution in [1.82, 2.24) is 9.88 Å². The quantitative estimate of drug-likeness (QED) is 0.792. The fraction of sp³-hybridized carbons (Fsp3) is 0.350. The first-order valence-electron chi connectivity index (χ1n) is 8.45. The van der Waals surface area contributed by atoms with E-state index in [-0.39, 0.29) is 23.7 Å². The van der Waals surface area contributed by atoms with Crippen LogP contribution in [0.2, 0.25) is 0 Å². The fourth-order valence-corrected chi connectivity index (χ4v) is 3.32. The summed E-state index contributed by atoms with van der Waals surface area (Å²) in [6.07, 6.45) is 5.69. The van der Waals surface area contributed by atoms with E-state index in [2.05, 4.69) is 4.98 Å². The summed E-state index contributed by atoms with van der Waals surface area (Å²) >= 11 is 0. The van der Waals surface area contributed by atoms with Crippen molar-refractivity contribution in [3.05, 3.63) is 66.0 Å². The van der Waals surface area contributed by atoms with Gasteiger partial charge in [0.2, 0.25) is 5.91 Å². The Bertz CT molecular complexity index is 700. The van der Waals surface area contributed by atoms with Gasteiger partial charge in [0.1, 0.15) is 0 Å². The van der Waals surface area contributed by atoms with Crippen molar-refractivity contribution in [2.24, 2.45) is 0 Å². The molecule has 0 spiro atoms. The van der Waals surface area contributed by atoms with Crippen molar-refractivity contribution in [1.29, 1.82) is 0 Å². The monoisotopic (exact) mass is 322 g/mol. The molecule has 1 saturated heterocycles. The van der Waals surface area contributed by atoms with E-state index in [1.54, 1.807) is 12.4 Å². The van der Waals surface area contributed by atoms with Crippen LogP contribution in [0.4, 0.5) is 0 Å². The zero-order valence-electron chi connectivity index (χ0n) is 13.9. The van der Waals surface area contributed by atoms with Gasteiger partial charge in [0.25, 0.3) is 0 Å². The maximum absolute atomic E-state index is 12.9. The molecule has 2 heterocycles. The molecule has 0 N–H and O–H groups in total. The minimum Gasteiger partial charge on any atom is -0.339 e. The molecule has 1 aromatic carbocycles. The first kappa shape index (κ1) is 16.4. The molecule has 0 radical (unpaired) electrons. The minimum atomic E-state index is -0.230. The maximum Gasteiger partial charge on any atom is 0.230 e. The maximum atomic E-state index is 12.9. The highest BCUT2D eigenvalue weighted by molar-refractivity contribution is 5.96. The summed E-state index contributed by atoms with van der Waals surface area (Å²) in [5.41, 5.74) is 1.64. The standard InChI is InChI=1S/C20H22N2O2/c1-15(17-9-5-11-21-14-17)20(24)22-12-6-10-18(22)13-19(23)16-7-3-2-4-8-16/h2-5,7-9,11,14-15,18H,6,10,12-13H2,1H3. The third-order valence-electron chi connectivity index (χ3n) is 4.73. The number of aromatic nitrogens is 1. The van der Waals surface area contributed by atoms with Crippen LogP contribution in [0.25, 0.3) is 0 Å². The molecule has 2 atom stereocenters. The summed E-state index contributed by atoms with van der Waals surface area (Å²) in [5.74, 6) is -0.0354. The number of hydrogen-bond acceptors (Lipinski definition) is 3. The van der Waals surface area contributed by atoms with E-state index in [1.165, 1.54) is 0 Å². The normalized spacial score (nSPS) is 18.4. The van der Waals surface area contributed by atoms with Crippen LogP contribution in [-0.4, -0.2) is 34.2 Å². The molecule has 1 aromatic heterocycles. The molecule has 1 fully saturated rings. The molecular formula is C20H22N2O2. The molecular weight excluding hydrogens is 300 g/mol. The molecule has 1 amide bonds. The number of likely N-dealkylation sites (tertiary alicyclic amines) is 1. The summed E-state index contributed by atoms with van der Waals surface area (Å²) in [6.45, 7) is 2.64. The van der Waals surface area contributed by atoms with Gasteiger partial charge in [0.15, 0.2) is 5.78 Å². The molecule has 0 bridgehead atoms. The molecule has 1 aliphatic rings. The number of hydrogen-bond donors (Lipinski definition) is 0. The molecule has 2 aromatic rings. The molecule has 2 unspecified atom stereocenters. The summed E-state index contributed by atoms with van der Waals surface area (Å²) in [6, 6.07) is 13.1. The second kappa shape index (κ2) is 7.39. The van der Waals surface area contributed by atoms with Gasteiger partial charge >= 0.3 is 0 Å². The zero-order valence-corrected chi connectivity index (χ0v) is 13.9. The Hall–Kier alpha value is -2.49. The lowest BCUT2D eigenvalue weighted by Gasteiger charge is -2.27. The molecule has 4 nitrogen and oxygen atoms in total. The van der Waals surface area contributed by atoms with E-state index in [0.29, 0.717) is 6.42 Å². The number of carbonyl (C=O) groups excluding carboxylic acids is 2. The lowest BCUT2D eigenvalue weighted by molar-refractivity contribution is -0.133. The predicted octanol–water partition coefficient (Wildman–Crippen LogP) is 3.45. The molecule has 0 aliphatic carbocycles. The Morgan fingerprint density at radius 2 is 2.00 bits per heavy atom. The number of rotatable bonds is 5. The van der Waals surface area contributed by atoms with Crippen molar-refractivity contribution in [3.8, 4) is 0 Å². The average Bonchev–Trinajstić information content (AvgIpc) is 3.10. The third kappa shape index (κ3) is 3.53. The SMILES string of the molecule is CC(C(=O)N1CCCC1CC(=O)c1ccccc1)c1cccnc1. The topological polar surface area (TPSA) is 50.3 Å². The van der Waals surface area contributed by atoms with Gasteiger partial charge in [-0.25, -0.2) is 0 Å². The van der Waals surface area contributed by atoms with E-state index in [0.717, 1.165) is 30.5 Å². The van der Waals surface area contributed by atoms with Crippen molar-refractivity contribution in [2.75, 3.05) is 6.54 Å². The number of nitrogens with zero attached hydrogens (tertiary/aromatic N) is 2. The van der Waals surface area contributed by atoms with Gasteiger partial charge in [-0.05, 0) is 31.4 Å². The van der Waals surface area contributed by atoms with E-state index in [1.807, 2.05) is 54.3 Å². The van der Waals surface area contributed by atoms with Crippen molar-refractivity contribution < 1.29 is 9.59 Å². The van der Waals surface area contributed by atoms with Gasteiger partial charge in [-0.3, -0.25) is 14.6 Å². The van der Waals surface area contributed by atoms with E-state index in [9.17, 15) is 9.59 Å². The van der Waals surface area contributed by atoms with Crippen LogP contribution in [0, 0.1) is 0 Å². The third-order valence-corrected chi connectivity index (χ3v) is 4.73. The Kier molecular flexibility index (Phi) is 5.04. The van der Waals surface area contributed by atoms with E-state index in [4.69, 9.17) is 0 Å². The van der Waals surface area contributed by atoms with Crippen molar-refractivity contribution >= 4 is 11.7 Å². The van der Waals surface area contributed by atoms with Gasteiger partial charge in [0, 0.05) is 37.0 Å². The zero-order chi connectivity index (χ0) is 16.9. The minimum absolute atomic E-state index is 0.00401. The van der Waals surface area contributed by atoms with Crippen LogP contribution in [0.3, 0.4) is 0 Å². The largest absolute Gasteiger partial charge is 0.339 e. The Morgan fingerprint density at radius 3 is 2.71 bits per heavy atom. The number of Topliss-reactive ketones (excluding diaryl/α,β-unsaturated/α-hetero) is 1. The molecule has 124 valence electrons. The highest BCUT2D eigenvalue weighted by Gasteiger charge is 2.33. The Labute approximate surface area is 142 Å². The lowest BCUT2D eigenvalue weighted by atomic mass is 9.99. The van der Waals surface area contributed by atoms with E-state index < -0.39 is 0 Å². The van der Waals surface area contributed by atoms with Gasteiger partial charge < -0.3 is 4.90 Å². The first-order valence-corrected chi connectivity index (χ1v) is 8.45. The predicted molar refractivity (Wildman–Crippen MR) is 92.8 cm³/mol. The molecule has 4 heteroatoms. The Morgan fingerprint density at radius 1 is 1.21 bits per heavy atom. The highest BCUT2D eigenvalue weighted by atomic mass is 16.2. The number of pyridine rings is 1. The number of amides is 1. The van der Waals surface area contributed by atoms with E-state index >= 15 is 0 Å². The van der Waals surface area contributed by atoms with Crippen molar-refractivity contribution in [3.63, 3.8) is 0 Å². The van der Waals surface area contributed by atoms with Gasteiger partial charge in [-0.2, -0.15) is 0 Å². The average molecular weight is 322 g/mol. The van der Waals surface area contributed by atoms with Crippen LogP contribution in [0.1, 0.15) is 48.0 Å². The van der Waals surface area contributed by atoms with Crippen LogP contribution in [0.15, 0.2) is 54.9 Å². The Balaban J connectivity index is 1.69. The summed E-state index contributed by atoms with van der Waals surface area (Å²) in [4.78, 5) is 31.3. The first-order chi connectivity index (χ1) is 11.7. The van der Waals surface area contributed by atoms with Crippen LogP contribution in [-0.2, 0) is 4.79 Å². The van der Waals surface area contributed by atoms with Crippen LogP contribution >= 0.6 is 0 Å². The molecule has 0 saturated carbocycles. The van der Waals surface area contributed by atoms with Crippen LogP contribution < -0.4 is 0 Å². The molecule has 3 rings (SSSR count). The van der Waals surface area contributed by atoms with Gasteiger partial charge in [-0.15, -0.1) is 0 Å². The molecule has 1 aliphatic heterocycles. The summed E-state index contributed by atoms with van der Waals surface area (Å²) in [7, 11) is 0. The second-order valence-corrected chi connectivity index (χ2v) is 6.33. The van der Waals surface area contributed by atoms with Gasteiger partial charge in [0.05, 0.1) is 5.92 Å². The number of ketones is 1. The van der Waals surface area contributed by atoms with Gasteiger partial charge in [-0.1, -0.05) is 36.4 Å². The summed E-state index contributed by atoms with van der Waals surface area (Å²) in [5, 5.41) is 0. The summed E-state index contributed by atoms with van der Waals surface area (Å²) < 4.78 is 0. The second-order valence-electron chi connectivity index (χ2n) is 6.33. The highest BCUT2D eigenvalue weighted by Crippen LogP contribution is 2.26. The van der Waals surface area contributed by atoms with Crippen molar-refractivity contribution in [2.45, 2.75) is 38.1 Å². The fourth-order valence-electron chi connectivity index (χ4n) is 3.32. The number of benzene rings is 1. The van der Waals surface area contributed by atoms with Crippen LogP contribution in [0.5, 0.6) is 0 Å².